The minimum atomic E-state index is -0.0549. The van der Waals surface area contributed by atoms with Crippen molar-refractivity contribution in [2.45, 2.75) is 52.5 Å². The Kier molecular flexibility index (Phi) is 5.48. The van der Waals surface area contributed by atoms with E-state index in [2.05, 4.69) is 15.6 Å². The van der Waals surface area contributed by atoms with E-state index in [1.807, 2.05) is 36.5 Å². The molecule has 0 radical (unpaired) electrons. The SMILES string of the molecule is CCNC(=O)N1CCC2(CCC2n2cc(C(=O)N(CC)CC)nn2)CC1. The number of nitrogens with zero attached hydrogens (tertiary/aromatic N) is 5. The van der Waals surface area contributed by atoms with Crippen molar-refractivity contribution in [2.24, 2.45) is 5.41 Å². The number of aromatic nitrogens is 3. The summed E-state index contributed by atoms with van der Waals surface area (Å²) in [6.07, 6.45) is 5.98. The van der Waals surface area contributed by atoms with Crippen LogP contribution in [0.2, 0.25) is 0 Å². The minimum absolute atomic E-state index is 0.0334. The van der Waals surface area contributed by atoms with E-state index >= 15 is 0 Å². The smallest absolute Gasteiger partial charge is 0.317 e. The predicted octanol–water partition coefficient (Wildman–Crippen LogP) is 1.91. The average molecular weight is 362 g/mol. The zero-order valence-corrected chi connectivity index (χ0v) is 16.1. The summed E-state index contributed by atoms with van der Waals surface area (Å²) in [6, 6.07) is 0.315. The van der Waals surface area contributed by atoms with Gasteiger partial charge in [-0.25, -0.2) is 9.48 Å². The summed E-state index contributed by atoms with van der Waals surface area (Å²) in [7, 11) is 0. The van der Waals surface area contributed by atoms with Gasteiger partial charge in [-0.1, -0.05) is 5.21 Å². The van der Waals surface area contributed by atoms with Crippen molar-refractivity contribution in [3.8, 4) is 0 Å². The number of piperidine rings is 1. The standard InChI is InChI=1S/C18H30N6O2/c1-4-19-17(26)23-11-9-18(10-12-23)8-7-15(18)24-13-14(20-21-24)16(25)22(5-2)6-3/h13,15H,4-12H2,1-3H3,(H,19,26). The van der Waals surface area contributed by atoms with Crippen LogP contribution in [0, 0.1) is 5.41 Å². The first-order chi connectivity index (χ1) is 12.5. The fourth-order valence-corrected chi connectivity index (χ4v) is 4.30. The van der Waals surface area contributed by atoms with Crippen molar-refractivity contribution in [1.29, 1.82) is 0 Å². The monoisotopic (exact) mass is 362 g/mol. The third-order valence-corrected chi connectivity index (χ3v) is 6.10. The van der Waals surface area contributed by atoms with E-state index in [0.29, 0.717) is 25.3 Å². The van der Waals surface area contributed by atoms with Gasteiger partial charge in [-0.05, 0) is 51.9 Å². The van der Waals surface area contributed by atoms with Gasteiger partial charge in [0.2, 0.25) is 0 Å². The number of hydrogen-bond acceptors (Lipinski definition) is 4. The van der Waals surface area contributed by atoms with Crippen molar-refractivity contribution in [3.63, 3.8) is 0 Å². The quantitative estimate of drug-likeness (QED) is 0.867. The van der Waals surface area contributed by atoms with Gasteiger partial charge in [-0.2, -0.15) is 0 Å². The molecule has 2 fully saturated rings. The molecule has 144 valence electrons. The molecule has 2 heterocycles. The number of carbonyl (C=O) groups is 2. The summed E-state index contributed by atoms with van der Waals surface area (Å²) in [6.45, 7) is 9.43. The van der Waals surface area contributed by atoms with Gasteiger partial charge >= 0.3 is 6.03 Å². The van der Waals surface area contributed by atoms with E-state index in [1.165, 1.54) is 0 Å². The van der Waals surface area contributed by atoms with Crippen LogP contribution in [0.1, 0.15) is 63.0 Å². The summed E-state index contributed by atoms with van der Waals surface area (Å²) < 4.78 is 1.89. The van der Waals surface area contributed by atoms with Gasteiger partial charge in [0.25, 0.3) is 5.91 Å². The Morgan fingerprint density at radius 2 is 1.92 bits per heavy atom. The second kappa shape index (κ2) is 7.63. The van der Waals surface area contributed by atoms with Gasteiger partial charge in [0.15, 0.2) is 5.69 Å². The van der Waals surface area contributed by atoms with E-state index < -0.39 is 0 Å². The van der Waals surface area contributed by atoms with Crippen LogP contribution >= 0.6 is 0 Å². The second-order valence-corrected chi connectivity index (χ2v) is 7.30. The topological polar surface area (TPSA) is 83.4 Å². The van der Waals surface area contributed by atoms with Crippen molar-refractivity contribution < 1.29 is 9.59 Å². The number of amides is 3. The van der Waals surface area contributed by atoms with Gasteiger partial charge in [0, 0.05) is 32.7 Å². The van der Waals surface area contributed by atoms with Crippen molar-refractivity contribution >= 4 is 11.9 Å². The largest absolute Gasteiger partial charge is 0.338 e. The molecule has 26 heavy (non-hydrogen) atoms. The fourth-order valence-electron chi connectivity index (χ4n) is 4.30. The van der Waals surface area contributed by atoms with Gasteiger partial charge in [0.05, 0.1) is 12.2 Å². The van der Waals surface area contributed by atoms with Crippen LogP contribution in [0.4, 0.5) is 4.79 Å². The number of nitrogens with one attached hydrogen (secondary N) is 1. The van der Waals surface area contributed by atoms with E-state index in [4.69, 9.17) is 0 Å². The molecular formula is C18H30N6O2. The summed E-state index contributed by atoms with van der Waals surface area (Å²) in [5.74, 6) is -0.0549. The van der Waals surface area contributed by atoms with Crippen LogP contribution in [0.15, 0.2) is 6.20 Å². The molecule has 2 aliphatic rings. The Morgan fingerprint density at radius 1 is 1.23 bits per heavy atom. The summed E-state index contributed by atoms with van der Waals surface area (Å²) in [5, 5.41) is 11.3. The molecule has 1 spiro atoms. The van der Waals surface area contributed by atoms with Crippen molar-refractivity contribution in [2.75, 3.05) is 32.7 Å². The molecule has 1 unspecified atom stereocenters. The highest BCUT2D eigenvalue weighted by Crippen LogP contribution is 2.56. The van der Waals surface area contributed by atoms with E-state index in [0.717, 1.165) is 38.8 Å². The maximum Gasteiger partial charge on any atom is 0.317 e. The number of likely N-dealkylation sites (tertiary alicyclic amines) is 1. The molecule has 0 bridgehead atoms. The Hall–Kier alpha value is -2.12. The fraction of sp³-hybridized carbons (Fsp3) is 0.778. The number of carbonyl (C=O) groups excluding carboxylic acids is 2. The Morgan fingerprint density at radius 3 is 2.46 bits per heavy atom. The molecular weight excluding hydrogens is 332 g/mol. The van der Waals surface area contributed by atoms with Gasteiger partial charge < -0.3 is 15.1 Å². The van der Waals surface area contributed by atoms with E-state index in [9.17, 15) is 9.59 Å². The first-order valence-electron chi connectivity index (χ1n) is 9.78. The van der Waals surface area contributed by atoms with Crippen LogP contribution in [0.25, 0.3) is 0 Å². The molecule has 1 saturated heterocycles. The molecule has 1 aliphatic carbocycles. The Bertz CT molecular complexity index is 646. The van der Waals surface area contributed by atoms with Crippen molar-refractivity contribution in [1.82, 2.24) is 30.1 Å². The number of hydrogen-bond donors (Lipinski definition) is 1. The first kappa shape index (κ1) is 18.7. The van der Waals surface area contributed by atoms with Crippen LogP contribution < -0.4 is 5.32 Å². The van der Waals surface area contributed by atoms with Gasteiger partial charge in [0.1, 0.15) is 0 Å². The molecule has 3 amide bonds. The lowest BCUT2D eigenvalue weighted by atomic mass is 9.59. The van der Waals surface area contributed by atoms with Crippen LogP contribution in [0.3, 0.4) is 0 Å². The van der Waals surface area contributed by atoms with E-state index in [-0.39, 0.29) is 23.4 Å². The highest BCUT2D eigenvalue weighted by atomic mass is 16.2. The Labute approximate surface area is 154 Å². The minimum Gasteiger partial charge on any atom is -0.338 e. The lowest BCUT2D eigenvalue weighted by molar-refractivity contribution is -0.0228. The molecule has 1 N–H and O–H groups in total. The lowest BCUT2D eigenvalue weighted by Crippen LogP contribution is -2.53. The number of rotatable bonds is 5. The van der Waals surface area contributed by atoms with Gasteiger partial charge in [-0.3, -0.25) is 4.79 Å². The molecule has 1 aromatic heterocycles. The molecule has 8 nitrogen and oxygen atoms in total. The molecule has 0 aromatic carbocycles. The van der Waals surface area contributed by atoms with Gasteiger partial charge in [-0.15, -0.1) is 5.10 Å². The predicted molar refractivity (Wildman–Crippen MR) is 97.9 cm³/mol. The molecule has 3 rings (SSSR count). The Balaban J connectivity index is 1.65. The average Bonchev–Trinajstić information content (AvgIpc) is 3.11. The molecule has 8 heteroatoms. The zero-order chi connectivity index (χ0) is 18.7. The molecule has 1 saturated carbocycles. The normalized spacial score (nSPS) is 21.3. The third kappa shape index (κ3) is 3.29. The second-order valence-electron chi connectivity index (χ2n) is 7.30. The van der Waals surface area contributed by atoms with Crippen LogP contribution in [-0.2, 0) is 0 Å². The first-order valence-corrected chi connectivity index (χ1v) is 9.78. The molecule has 1 aromatic rings. The highest BCUT2D eigenvalue weighted by molar-refractivity contribution is 5.91. The zero-order valence-electron chi connectivity index (χ0n) is 16.1. The van der Waals surface area contributed by atoms with E-state index in [1.54, 1.807) is 4.90 Å². The van der Waals surface area contributed by atoms with Crippen LogP contribution in [-0.4, -0.2) is 69.5 Å². The maximum absolute atomic E-state index is 12.5. The number of urea groups is 1. The summed E-state index contributed by atoms with van der Waals surface area (Å²) >= 11 is 0. The summed E-state index contributed by atoms with van der Waals surface area (Å²) in [5.41, 5.74) is 0.613. The van der Waals surface area contributed by atoms with Crippen molar-refractivity contribution in [3.05, 3.63) is 11.9 Å². The summed E-state index contributed by atoms with van der Waals surface area (Å²) in [4.78, 5) is 28.1. The van der Waals surface area contributed by atoms with Crippen LogP contribution in [0.5, 0.6) is 0 Å². The third-order valence-electron chi connectivity index (χ3n) is 6.10. The molecule has 1 aliphatic heterocycles. The highest BCUT2D eigenvalue weighted by Gasteiger charge is 2.50. The lowest BCUT2D eigenvalue weighted by Gasteiger charge is -2.53. The maximum atomic E-state index is 12.5. The molecule has 1 atom stereocenters.